The molecule has 0 aromatic heterocycles. The first-order valence-corrected chi connectivity index (χ1v) is 5.92. The number of rotatable bonds is 7. The van der Waals surface area contributed by atoms with Gasteiger partial charge in [0.1, 0.15) is 11.5 Å². The van der Waals surface area contributed by atoms with Crippen molar-refractivity contribution >= 4 is 5.91 Å². The van der Waals surface area contributed by atoms with Crippen molar-refractivity contribution in [3.05, 3.63) is 24.3 Å². The van der Waals surface area contributed by atoms with Crippen molar-refractivity contribution in [3.63, 3.8) is 0 Å². The second kappa shape index (κ2) is 7.55. The molecule has 1 amide bonds. The first-order valence-electron chi connectivity index (χ1n) is 5.92. The van der Waals surface area contributed by atoms with E-state index in [4.69, 9.17) is 15.2 Å². The van der Waals surface area contributed by atoms with Gasteiger partial charge in [0.25, 0.3) is 0 Å². The summed E-state index contributed by atoms with van der Waals surface area (Å²) in [5, 5.41) is 2.77. The summed E-state index contributed by atoms with van der Waals surface area (Å²) in [6.07, 6.45) is 0.307. The van der Waals surface area contributed by atoms with E-state index in [-0.39, 0.29) is 11.9 Å². The Balaban J connectivity index is 2.30. The maximum Gasteiger partial charge on any atom is 0.223 e. The van der Waals surface area contributed by atoms with E-state index in [9.17, 15) is 4.79 Å². The largest absolute Gasteiger partial charge is 0.497 e. The Labute approximate surface area is 107 Å². The van der Waals surface area contributed by atoms with Crippen molar-refractivity contribution < 1.29 is 14.3 Å². The number of benzene rings is 1. The molecule has 3 N–H and O–H groups in total. The van der Waals surface area contributed by atoms with Gasteiger partial charge in [-0.15, -0.1) is 0 Å². The topological polar surface area (TPSA) is 73.6 Å². The van der Waals surface area contributed by atoms with Gasteiger partial charge in [0.15, 0.2) is 0 Å². The molecular weight excluding hydrogens is 232 g/mol. The smallest absolute Gasteiger partial charge is 0.223 e. The summed E-state index contributed by atoms with van der Waals surface area (Å²) in [4.78, 5) is 11.5. The number of ether oxygens (including phenoxy) is 2. The van der Waals surface area contributed by atoms with Crippen LogP contribution in [0, 0.1) is 0 Å². The fourth-order valence-electron chi connectivity index (χ4n) is 1.36. The number of nitrogens with one attached hydrogen (secondary N) is 1. The normalized spacial score (nSPS) is 11.7. The van der Waals surface area contributed by atoms with Gasteiger partial charge < -0.3 is 20.5 Å². The van der Waals surface area contributed by atoms with Gasteiger partial charge in [-0.3, -0.25) is 4.79 Å². The van der Waals surface area contributed by atoms with Crippen LogP contribution in [0.15, 0.2) is 24.3 Å². The van der Waals surface area contributed by atoms with Gasteiger partial charge in [0.05, 0.1) is 20.1 Å². The molecule has 0 heterocycles. The van der Waals surface area contributed by atoms with Crippen LogP contribution < -0.4 is 20.5 Å². The molecule has 1 unspecified atom stereocenters. The molecule has 0 saturated carbocycles. The van der Waals surface area contributed by atoms with Crippen LogP contribution in [0.2, 0.25) is 0 Å². The first kappa shape index (κ1) is 14.3. The molecule has 0 aliphatic carbocycles. The zero-order valence-corrected chi connectivity index (χ0v) is 10.8. The van der Waals surface area contributed by atoms with Crippen LogP contribution in [0.3, 0.4) is 0 Å². The average Bonchev–Trinajstić information content (AvgIpc) is 2.38. The zero-order valence-electron chi connectivity index (χ0n) is 10.8. The highest BCUT2D eigenvalue weighted by atomic mass is 16.5. The van der Waals surface area contributed by atoms with Crippen molar-refractivity contribution in [3.8, 4) is 11.5 Å². The molecular formula is C13H20N2O3. The Bertz CT molecular complexity index is 382. The van der Waals surface area contributed by atoms with Crippen molar-refractivity contribution in [2.24, 2.45) is 5.73 Å². The number of carbonyl (C=O) groups is 1. The molecule has 0 bridgehead atoms. The van der Waals surface area contributed by atoms with E-state index in [1.165, 1.54) is 0 Å². The van der Waals surface area contributed by atoms with Crippen molar-refractivity contribution in [1.82, 2.24) is 5.32 Å². The molecule has 0 aliphatic heterocycles. The Hall–Kier alpha value is -1.75. The van der Waals surface area contributed by atoms with Crippen LogP contribution in [0.4, 0.5) is 0 Å². The van der Waals surface area contributed by atoms with Crippen LogP contribution in [0.1, 0.15) is 13.3 Å². The maximum absolute atomic E-state index is 11.5. The number of amides is 1. The SMILES string of the molecule is COc1cccc(OCCC(=O)NC(C)CN)c1. The second-order valence-electron chi connectivity index (χ2n) is 3.98. The van der Waals surface area contributed by atoms with Crippen LogP contribution in [0.25, 0.3) is 0 Å². The van der Waals surface area contributed by atoms with Crippen molar-refractivity contribution in [2.45, 2.75) is 19.4 Å². The summed E-state index contributed by atoms with van der Waals surface area (Å²) in [5.74, 6) is 1.36. The third-order valence-corrected chi connectivity index (χ3v) is 2.40. The van der Waals surface area contributed by atoms with Gasteiger partial charge in [0, 0.05) is 18.7 Å². The van der Waals surface area contributed by atoms with Crippen molar-refractivity contribution in [2.75, 3.05) is 20.3 Å². The minimum absolute atomic E-state index is 0.00526. The Morgan fingerprint density at radius 1 is 1.44 bits per heavy atom. The number of nitrogens with two attached hydrogens (primary N) is 1. The van der Waals surface area contributed by atoms with Gasteiger partial charge in [-0.25, -0.2) is 0 Å². The lowest BCUT2D eigenvalue weighted by Crippen LogP contribution is -2.38. The van der Waals surface area contributed by atoms with Gasteiger partial charge >= 0.3 is 0 Å². The monoisotopic (exact) mass is 252 g/mol. The van der Waals surface area contributed by atoms with E-state index in [1.807, 2.05) is 25.1 Å². The zero-order chi connectivity index (χ0) is 13.4. The highest BCUT2D eigenvalue weighted by Crippen LogP contribution is 2.18. The van der Waals surface area contributed by atoms with Crippen molar-refractivity contribution in [1.29, 1.82) is 0 Å². The third-order valence-electron chi connectivity index (χ3n) is 2.40. The lowest BCUT2D eigenvalue weighted by Gasteiger charge is -2.11. The van der Waals surface area contributed by atoms with E-state index in [0.29, 0.717) is 25.3 Å². The van der Waals surface area contributed by atoms with Gasteiger partial charge in [-0.05, 0) is 19.1 Å². The Morgan fingerprint density at radius 3 is 2.83 bits per heavy atom. The summed E-state index contributed by atoms with van der Waals surface area (Å²) in [7, 11) is 1.60. The molecule has 0 radical (unpaired) electrons. The molecule has 100 valence electrons. The molecule has 18 heavy (non-hydrogen) atoms. The van der Waals surface area contributed by atoms with E-state index in [2.05, 4.69) is 5.32 Å². The summed E-state index contributed by atoms with van der Waals surface area (Å²) in [6.45, 7) is 2.62. The van der Waals surface area contributed by atoms with E-state index < -0.39 is 0 Å². The van der Waals surface area contributed by atoms with Gasteiger partial charge in [-0.1, -0.05) is 6.07 Å². The van der Waals surface area contributed by atoms with Crippen LogP contribution >= 0.6 is 0 Å². The summed E-state index contributed by atoms with van der Waals surface area (Å²) >= 11 is 0. The van der Waals surface area contributed by atoms with Gasteiger partial charge in [-0.2, -0.15) is 0 Å². The quantitative estimate of drug-likeness (QED) is 0.757. The van der Waals surface area contributed by atoms with E-state index >= 15 is 0 Å². The maximum atomic E-state index is 11.5. The van der Waals surface area contributed by atoms with Crippen LogP contribution in [0.5, 0.6) is 11.5 Å². The summed E-state index contributed by atoms with van der Waals surface area (Å²) in [6, 6.07) is 7.27. The molecule has 0 aliphatic rings. The number of carbonyl (C=O) groups excluding carboxylic acids is 1. The molecule has 5 heteroatoms. The minimum Gasteiger partial charge on any atom is -0.497 e. The molecule has 1 aromatic carbocycles. The highest BCUT2D eigenvalue weighted by Gasteiger charge is 2.05. The predicted molar refractivity (Wildman–Crippen MR) is 69.8 cm³/mol. The third kappa shape index (κ3) is 5.05. The fourth-order valence-corrected chi connectivity index (χ4v) is 1.36. The highest BCUT2D eigenvalue weighted by molar-refractivity contribution is 5.76. The van der Waals surface area contributed by atoms with Crippen LogP contribution in [-0.2, 0) is 4.79 Å². The molecule has 5 nitrogen and oxygen atoms in total. The van der Waals surface area contributed by atoms with E-state index in [0.717, 1.165) is 5.75 Å². The Kier molecular flexibility index (Phi) is 6.00. The van der Waals surface area contributed by atoms with Gasteiger partial charge in [0.2, 0.25) is 5.91 Å². The summed E-state index contributed by atoms with van der Waals surface area (Å²) < 4.78 is 10.5. The summed E-state index contributed by atoms with van der Waals surface area (Å²) in [5.41, 5.74) is 5.41. The number of hydrogen-bond donors (Lipinski definition) is 2. The lowest BCUT2D eigenvalue weighted by atomic mass is 10.3. The molecule has 0 fully saturated rings. The number of hydrogen-bond acceptors (Lipinski definition) is 4. The fraction of sp³-hybridized carbons (Fsp3) is 0.462. The predicted octanol–water partition coefficient (Wildman–Crippen LogP) is 0.927. The number of methoxy groups -OCH3 is 1. The Morgan fingerprint density at radius 2 is 2.17 bits per heavy atom. The molecule has 1 aromatic rings. The average molecular weight is 252 g/mol. The molecule has 1 atom stereocenters. The van der Waals surface area contributed by atoms with E-state index in [1.54, 1.807) is 13.2 Å². The van der Waals surface area contributed by atoms with Crippen LogP contribution in [-0.4, -0.2) is 32.2 Å². The standard InChI is InChI=1S/C13H20N2O3/c1-10(9-14)15-13(16)6-7-18-12-5-3-4-11(8-12)17-2/h3-5,8,10H,6-7,9,14H2,1-2H3,(H,15,16). The molecule has 1 rings (SSSR count). The second-order valence-corrected chi connectivity index (χ2v) is 3.98. The molecule has 0 saturated heterocycles. The first-order chi connectivity index (χ1) is 8.65. The minimum atomic E-state index is -0.0594. The lowest BCUT2D eigenvalue weighted by molar-refractivity contribution is -0.122. The molecule has 0 spiro atoms.